The lowest BCUT2D eigenvalue weighted by Crippen LogP contribution is -2.29. The van der Waals surface area contributed by atoms with Crippen LogP contribution in [0.2, 0.25) is 5.02 Å². The fourth-order valence-corrected chi connectivity index (χ4v) is 3.44. The van der Waals surface area contributed by atoms with Crippen molar-refractivity contribution in [1.29, 1.82) is 0 Å². The van der Waals surface area contributed by atoms with Crippen LogP contribution in [-0.2, 0) is 6.54 Å². The molecule has 0 atom stereocenters. The number of halogens is 1. The highest BCUT2D eigenvalue weighted by atomic mass is 35.5. The Balaban J connectivity index is 1.84. The van der Waals surface area contributed by atoms with Gasteiger partial charge in [0.25, 0.3) is 5.91 Å². The van der Waals surface area contributed by atoms with Crippen molar-refractivity contribution in [3.63, 3.8) is 0 Å². The number of carbonyl (C=O) groups excluding carboxylic acids is 1. The summed E-state index contributed by atoms with van der Waals surface area (Å²) in [6.45, 7) is 0.659. The van der Waals surface area contributed by atoms with Crippen LogP contribution in [0.3, 0.4) is 0 Å². The molecule has 2 heterocycles. The van der Waals surface area contributed by atoms with Gasteiger partial charge in [-0.25, -0.2) is 9.67 Å². The highest BCUT2D eigenvalue weighted by Crippen LogP contribution is 2.26. The minimum Gasteiger partial charge on any atom is -0.395 e. The van der Waals surface area contributed by atoms with Gasteiger partial charge in [0, 0.05) is 24.2 Å². The third-order valence-electron chi connectivity index (χ3n) is 4.94. The molecule has 152 valence electrons. The van der Waals surface area contributed by atoms with Crippen LogP contribution in [0.25, 0.3) is 22.3 Å². The molecule has 30 heavy (non-hydrogen) atoms. The van der Waals surface area contributed by atoms with Crippen LogP contribution in [0.5, 0.6) is 0 Å². The Hall–Kier alpha value is -3.22. The van der Waals surface area contributed by atoms with Crippen LogP contribution in [0.15, 0.2) is 66.9 Å². The molecule has 2 aromatic heterocycles. The quantitative estimate of drug-likeness (QED) is 0.514. The summed E-state index contributed by atoms with van der Waals surface area (Å²) in [6, 6.07) is 19.1. The van der Waals surface area contributed by atoms with Crippen molar-refractivity contribution >= 4 is 28.5 Å². The second kappa shape index (κ2) is 8.65. The lowest BCUT2D eigenvalue weighted by molar-refractivity contribution is 0.0769. The number of amides is 1. The first-order valence-corrected chi connectivity index (χ1v) is 9.97. The van der Waals surface area contributed by atoms with Crippen LogP contribution in [0, 0.1) is 0 Å². The van der Waals surface area contributed by atoms with E-state index in [0.29, 0.717) is 33.9 Å². The van der Waals surface area contributed by atoms with E-state index >= 15 is 0 Å². The second-order valence-electron chi connectivity index (χ2n) is 7.04. The molecule has 6 nitrogen and oxygen atoms in total. The highest BCUT2D eigenvalue weighted by molar-refractivity contribution is 6.30. The zero-order chi connectivity index (χ0) is 21.1. The molecule has 4 aromatic rings. The number of aromatic nitrogens is 3. The second-order valence-corrected chi connectivity index (χ2v) is 7.47. The molecule has 2 aromatic carbocycles. The highest BCUT2D eigenvalue weighted by Gasteiger charge is 2.20. The maximum atomic E-state index is 13.1. The average Bonchev–Trinajstić information content (AvgIpc) is 3.17. The molecule has 0 spiro atoms. The number of carbonyl (C=O) groups is 1. The van der Waals surface area contributed by atoms with Crippen molar-refractivity contribution in [3.8, 4) is 11.3 Å². The first-order chi connectivity index (χ1) is 14.6. The third-order valence-corrected chi connectivity index (χ3v) is 5.19. The summed E-state index contributed by atoms with van der Waals surface area (Å²) in [7, 11) is 1.67. The minimum atomic E-state index is -0.181. The first-order valence-electron chi connectivity index (χ1n) is 9.59. The standard InChI is InChI=1S/C23H21ClN4O2/c1-27(11-12-29)23(30)19-13-21(17-5-3-2-4-6-17)26-22-20(19)14-25-28(22)15-16-7-9-18(24)10-8-16/h2-10,13-14,29H,11-12,15H2,1H3. The maximum Gasteiger partial charge on any atom is 0.254 e. The summed E-state index contributed by atoms with van der Waals surface area (Å²) in [6.07, 6.45) is 1.67. The SMILES string of the molecule is CN(CCO)C(=O)c1cc(-c2ccccc2)nc2c1cnn2Cc1ccc(Cl)cc1. The van der Waals surface area contributed by atoms with Crippen molar-refractivity contribution in [2.45, 2.75) is 6.54 Å². The molecule has 0 fully saturated rings. The number of pyridine rings is 1. The number of nitrogens with zero attached hydrogens (tertiary/aromatic N) is 4. The molecule has 1 N–H and O–H groups in total. The lowest BCUT2D eigenvalue weighted by Gasteiger charge is -2.17. The van der Waals surface area contributed by atoms with Gasteiger partial charge in [0.05, 0.1) is 36.0 Å². The van der Waals surface area contributed by atoms with Gasteiger partial charge in [-0.15, -0.1) is 0 Å². The van der Waals surface area contributed by atoms with Gasteiger partial charge in [-0.3, -0.25) is 4.79 Å². The summed E-state index contributed by atoms with van der Waals surface area (Å²) < 4.78 is 1.79. The molecule has 0 aliphatic carbocycles. The van der Waals surface area contributed by atoms with E-state index in [4.69, 9.17) is 16.6 Å². The number of hydrogen-bond acceptors (Lipinski definition) is 4. The van der Waals surface area contributed by atoms with Crippen LogP contribution in [-0.4, -0.2) is 50.9 Å². The first kappa shape index (κ1) is 20.1. The molecule has 0 unspecified atom stereocenters. The van der Waals surface area contributed by atoms with Gasteiger partial charge in [-0.1, -0.05) is 54.1 Å². The zero-order valence-corrected chi connectivity index (χ0v) is 17.3. The van der Waals surface area contributed by atoms with Crippen molar-refractivity contribution in [3.05, 3.63) is 83.0 Å². The van der Waals surface area contributed by atoms with Crippen molar-refractivity contribution in [1.82, 2.24) is 19.7 Å². The Morgan fingerprint density at radius 2 is 1.87 bits per heavy atom. The fourth-order valence-electron chi connectivity index (χ4n) is 3.32. The molecule has 1 amide bonds. The number of rotatable bonds is 6. The van der Waals surface area contributed by atoms with E-state index < -0.39 is 0 Å². The number of aliphatic hydroxyl groups excluding tert-OH is 1. The van der Waals surface area contributed by atoms with E-state index in [0.717, 1.165) is 11.1 Å². The summed E-state index contributed by atoms with van der Waals surface area (Å²) in [5.41, 5.74) is 3.78. The van der Waals surface area contributed by atoms with Gasteiger partial charge in [-0.2, -0.15) is 5.10 Å². The minimum absolute atomic E-state index is 0.0994. The molecule has 0 aliphatic rings. The molecule has 0 radical (unpaired) electrons. The van der Waals surface area contributed by atoms with E-state index in [1.165, 1.54) is 4.90 Å². The average molecular weight is 421 g/mol. The number of fused-ring (bicyclic) bond motifs is 1. The van der Waals surface area contributed by atoms with E-state index in [1.54, 1.807) is 24.0 Å². The molecule has 7 heteroatoms. The van der Waals surface area contributed by atoms with Gasteiger partial charge >= 0.3 is 0 Å². The van der Waals surface area contributed by atoms with E-state index in [2.05, 4.69) is 5.10 Å². The number of aliphatic hydroxyl groups is 1. The fraction of sp³-hybridized carbons (Fsp3) is 0.174. The van der Waals surface area contributed by atoms with Gasteiger partial charge in [0.1, 0.15) is 0 Å². The predicted octanol–water partition coefficient (Wildman–Crippen LogP) is 3.86. The third kappa shape index (κ3) is 4.06. The Morgan fingerprint density at radius 1 is 1.13 bits per heavy atom. The Labute approximate surface area is 179 Å². The molecule has 0 aliphatic heterocycles. The van der Waals surface area contributed by atoms with Gasteiger partial charge in [-0.05, 0) is 23.8 Å². The summed E-state index contributed by atoms with van der Waals surface area (Å²) in [4.78, 5) is 19.4. The number of likely N-dealkylation sites (N-methyl/N-ethyl adjacent to an activating group) is 1. The van der Waals surface area contributed by atoms with Gasteiger partial charge < -0.3 is 10.0 Å². The molecular formula is C23H21ClN4O2. The maximum absolute atomic E-state index is 13.1. The molecule has 0 bridgehead atoms. The van der Waals surface area contributed by atoms with Crippen LogP contribution >= 0.6 is 11.6 Å². The Bertz CT molecular complexity index is 1170. The summed E-state index contributed by atoms with van der Waals surface area (Å²) in [5, 5.41) is 15.1. The Morgan fingerprint density at radius 3 is 2.57 bits per heavy atom. The predicted molar refractivity (Wildman–Crippen MR) is 118 cm³/mol. The van der Waals surface area contributed by atoms with Crippen molar-refractivity contribution in [2.24, 2.45) is 0 Å². The van der Waals surface area contributed by atoms with E-state index in [-0.39, 0.29) is 19.1 Å². The number of benzene rings is 2. The smallest absolute Gasteiger partial charge is 0.254 e. The zero-order valence-electron chi connectivity index (χ0n) is 16.5. The van der Waals surface area contributed by atoms with Crippen LogP contribution < -0.4 is 0 Å². The largest absolute Gasteiger partial charge is 0.395 e. The van der Waals surface area contributed by atoms with E-state index in [1.807, 2.05) is 54.6 Å². The molecule has 0 saturated heterocycles. The van der Waals surface area contributed by atoms with Crippen LogP contribution in [0.4, 0.5) is 0 Å². The monoisotopic (exact) mass is 420 g/mol. The van der Waals surface area contributed by atoms with Crippen molar-refractivity contribution in [2.75, 3.05) is 20.2 Å². The molecular weight excluding hydrogens is 400 g/mol. The van der Waals surface area contributed by atoms with Crippen LogP contribution in [0.1, 0.15) is 15.9 Å². The normalized spacial score (nSPS) is 11.0. The van der Waals surface area contributed by atoms with Gasteiger partial charge in [0.15, 0.2) is 5.65 Å². The van der Waals surface area contributed by atoms with Crippen molar-refractivity contribution < 1.29 is 9.90 Å². The molecule has 0 saturated carbocycles. The van der Waals surface area contributed by atoms with E-state index in [9.17, 15) is 9.90 Å². The lowest BCUT2D eigenvalue weighted by atomic mass is 10.1. The topological polar surface area (TPSA) is 71.2 Å². The molecule has 4 rings (SSSR count). The van der Waals surface area contributed by atoms with Gasteiger partial charge in [0.2, 0.25) is 0 Å². The summed E-state index contributed by atoms with van der Waals surface area (Å²) >= 11 is 5.99. The Kier molecular flexibility index (Phi) is 5.79. The summed E-state index contributed by atoms with van der Waals surface area (Å²) in [5.74, 6) is -0.181. The number of hydrogen-bond donors (Lipinski definition) is 1.